The molecule has 1 aliphatic carbocycles. The summed E-state index contributed by atoms with van der Waals surface area (Å²) in [6, 6.07) is 4.68. The number of rotatable bonds is 1. The van der Waals surface area contributed by atoms with Crippen LogP contribution in [0, 0.1) is 12.7 Å². The van der Waals surface area contributed by atoms with Crippen LogP contribution in [0.25, 0.3) is 5.69 Å². The minimum absolute atomic E-state index is 0.232. The molecular formula is C14H14ClFN2. The molecule has 1 aromatic carbocycles. The van der Waals surface area contributed by atoms with E-state index in [2.05, 4.69) is 5.10 Å². The van der Waals surface area contributed by atoms with Crippen LogP contribution in [0.2, 0.25) is 5.15 Å². The number of aromatic nitrogens is 2. The molecule has 2 nitrogen and oxygen atoms in total. The Morgan fingerprint density at radius 2 is 2.06 bits per heavy atom. The summed E-state index contributed by atoms with van der Waals surface area (Å²) >= 11 is 6.40. The van der Waals surface area contributed by atoms with Gasteiger partial charge in [0.25, 0.3) is 0 Å². The molecule has 0 fully saturated rings. The second kappa shape index (κ2) is 4.39. The lowest BCUT2D eigenvalue weighted by Gasteiger charge is -2.08. The van der Waals surface area contributed by atoms with Crippen molar-refractivity contribution in [2.75, 3.05) is 0 Å². The van der Waals surface area contributed by atoms with Crippen LogP contribution in [0.15, 0.2) is 18.2 Å². The summed E-state index contributed by atoms with van der Waals surface area (Å²) < 4.78 is 14.9. The molecule has 4 heteroatoms. The molecule has 0 unspecified atom stereocenters. The van der Waals surface area contributed by atoms with E-state index in [0.29, 0.717) is 5.15 Å². The standard InChI is InChI=1S/C14H14ClFN2/c1-9-8-10(16)6-7-13(9)18-14(15)11-4-2-3-5-12(11)17-18/h6-8H,2-5H2,1H3. The molecule has 94 valence electrons. The van der Waals surface area contributed by atoms with E-state index in [4.69, 9.17) is 11.6 Å². The van der Waals surface area contributed by atoms with Crippen molar-refractivity contribution >= 4 is 11.6 Å². The fourth-order valence-corrected chi connectivity index (χ4v) is 2.86. The summed E-state index contributed by atoms with van der Waals surface area (Å²) in [4.78, 5) is 0. The van der Waals surface area contributed by atoms with Gasteiger partial charge in [-0.05, 0) is 56.4 Å². The van der Waals surface area contributed by atoms with Gasteiger partial charge in [-0.15, -0.1) is 0 Å². The number of hydrogen-bond donors (Lipinski definition) is 0. The lowest BCUT2D eigenvalue weighted by atomic mass is 9.98. The second-order valence-electron chi connectivity index (χ2n) is 4.77. The molecule has 0 N–H and O–H groups in total. The van der Waals surface area contributed by atoms with E-state index < -0.39 is 0 Å². The molecule has 0 amide bonds. The first kappa shape index (κ1) is 11.7. The minimum atomic E-state index is -0.232. The summed E-state index contributed by atoms with van der Waals surface area (Å²) in [6.45, 7) is 1.87. The number of fused-ring (bicyclic) bond motifs is 1. The van der Waals surface area contributed by atoms with E-state index in [9.17, 15) is 4.39 Å². The largest absolute Gasteiger partial charge is 0.221 e. The van der Waals surface area contributed by atoms with Crippen LogP contribution < -0.4 is 0 Å². The van der Waals surface area contributed by atoms with E-state index in [1.165, 1.54) is 25.0 Å². The molecule has 0 bridgehead atoms. The maximum Gasteiger partial charge on any atom is 0.136 e. The van der Waals surface area contributed by atoms with Gasteiger partial charge < -0.3 is 0 Å². The van der Waals surface area contributed by atoms with Crippen LogP contribution in [-0.4, -0.2) is 9.78 Å². The number of aryl methyl sites for hydroxylation is 2. The first-order valence-electron chi connectivity index (χ1n) is 6.19. The van der Waals surface area contributed by atoms with Gasteiger partial charge in [0.1, 0.15) is 11.0 Å². The van der Waals surface area contributed by atoms with Crippen molar-refractivity contribution in [1.29, 1.82) is 0 Å². The molecule has 0 saturated heterocycles. The van der Waals surface area contributed by atoms with Crippen molar-refractivity contribution < 1.29 is 4.39 Å². The van der Waals surface area contributed by atoms with Gasteiger partial charge in [-0.2, -0.15) is 5.10 Å². The van der Waals surface area contributed by atoms with E-state index in [-0.39, 0.29) is 5.82 Å². The number of nitrogens with zero attached hydrogens (tertiary/aromatic N) is 2. The predicted octanol–water partition coefficient (Wildman–Crippen LogP) is 3.85. The monoisotopic (exact) mass is 264 g/mol. The Bertz CT molecular complexity index is 604. The first-order valence-corrected chi connectivity index (χ1v) is 6.57. The van der Waals surface area contributed by atoms with Gasteiger partial charge in [0, 0.05) is 5.56 Å². The fraction of sp³-hybridized carbons (Fsp3) is 0.357. The Morgan fingerprint density at radius 3 is 2.78 bits per heavy atom. The highest BCUT2D eigenvalue weighted by molar-refractivity contribution is 6.30. The highest BCUT2D eigenvalue weighted by Crippen LogP contribution is 2.30. The van der Waals surface area contributed by atoms with Crippen molar-refractivity contribution in [2.24, 2.45) is 0 Å². The third-order valence-corrected chi connectivity index (χ3v) is 3.87. The average molecular weight is 265 g/mol. The third-order valence-electron chi connectivity index (χ3n) is 3.48. The molecule has 0 radical (unpaired) electrons. The lowest BCUT2D eigenvalue weighted by Crippen LogP contribution is -2.01. The van der Waals surface area contributed by atoms with Crippen molar-refractivity contribution in [3.8, 4) is 5.69 Å². The molecule has 0 saturated carbocycles. The Morgan fingerprint density at radius 1 is 1.28 bits per heavy atom. The van der Waals surface area contributed by atoms with Crippen molar-refractivity contribution in [2.45, 2.75) is 32.6 Å². The maximum atomic E-state index is 13.1. The summed E-state index contributed by atoms with van der Waals surface area (Å²) in [5.41, 5.74) is 3.95. The summed E-state index contributed by atoms with van der Waals surface area (Å²) in [5.74, 6) is -0.232. The van der Waals surface area contributed by atoms with Gasteiger partial charge in [-0.25, -0.2) is 9.07 Å². The van der Waals surface area contributed by atoms with Gasteiger partial charge in [-0.1, -0.05) is 11.6 Å². The van der Waals surface area contributed by atoms with Crippen LogP contribution in [0.5, 0.6) is 0 Å². The SMILES string of the molecule is Cc1cc(F)ccc1-n1nc2c(c1Cl)CCCC2. The van der Waals surface area contributed by atoms with Crippen LogP contribution in [0.1, 0.15) is 29.7 Å². The molecule has 1 heterocycles. The van der Waals surface area contributed by atoms with Crippen LogP contribution in [0.4, 0.5) is 4.39 Å². The van der Waals surface area contributed by atoms with Gasteiger partial charge >= 0.3 is 0 Å². The number of benzene rings is 1. The quantitative estimate of drug-likeness (QED) is 0.765. The number of halogens is 2. The van der Waals surface area contributed by atoms with Crippen molar-refractivity contribution in [3.63, 3.8) is 0 Å². The first-order chi connectivity index (χ1) is 8.66. The molecule has 18 heavy (non-hydrogen) atoms. The topological polar surface area (TPSA) is 17.8 Å². The van der Waals surface area contributed by atoms with Gasteiger partial charge in [0.15, 0.2) is 0 Å². The Hall–Kier alpha value is -1.35. The molecule has 1 aromatic heterocycles. The Balaban J connectivity index is 2.14. The smallest absolute Gasteiger partial charge is 0.136 e. The van der Waals surface area contributed by atoms with Gasteiger partial charge in [0.05, 0.1) is 11.4 Å². The van der Waals surface area contributed by atoms with E-state index in [1.807, 2.05) is 6.92 Å². The molecule has 0 spiro atoms. The zero-order valence-electron chi connectivity index (χ0n) is 10.2. The van der Waals surface area contributed by atoms with Crippen LogP contribution in [0.3, 0.4) is 0 Å². The Kier molecular flexibility index (Phi) is 2.86. The number of hydrogen-bond acceptors (Lipinski definition) is 1. The summed E-state index contributed by atoms with van der Waals surface area (Å²) in [6.07, 6.45) is 4.32. The van der Waals surface area contributed by atoms with E-state index in [1.54, 1.807) is 10.7 Å². The molecular weight excluding hydrogens is 251 g/mol. The highest BCUT2D eigenvalue weighted by Gasteiger charge is 2.20. The zero-order valence-corrected chi connectivity index (χ0v) is 11.0. The second-order valence-corrected chi connectivity index (χ2v) is 5.12. The maximum absolute atomic E-state index is 13.1. The lowest BCUT2D eigenvalue weighted by molar-refractivity contribution is 0.625. The molecule has 2 aromatic rings. The van der Waals surface area contributed by atoms with Crippen molar-refractivity contribution in [3.05, 3.63) is 46.0 Å². The fourth-order valence-electron chi connectivity index (χ4n) is 2.53. The summed E-state index contributed by atoms with van der Waals surface area (Å²) in [5, 5.41) is 5.25. The van der Waals surface area contributed by atoms with Gasteiger partial charge in [0.2, 0.25) is 0 Å². The normalized spacial score (nSPS) is 14.6. The molecule has 1 aliphatic rings. The molecule has 3 rings (SSSR count). The molecule has 0 aliphatic heterocycles. The Labute approximate surface area is 110 Å². The van der Waals surface area contributed by atoms with E-state index >= 15 is 0 Å². The van der Waals surface area contributed by atoms with Crippen molar-refractivity contribution in [1.82, 2.24) is 9.78 Å². The predicted molar refractivity (Wildman–Crippen MR) is 69.9 cm³/mol. The van der Waals surface area contributed by atoms with E-state index in [0.717, 1.165) is 35.3 Å². The minimum Gasteiger partial charge on any atom is -0.221 e. The average Bonchev–Trinajstić information content (AvgIpc) is 2.68. The zero-order chi connectivity index (χ0) is 12.7. The summed E-state index contributed by atoms with van der Waals surface area (Å²) in [7, 11) is 0. The third kappa shape index (κ3) is 1.83. The van der Waals surface area contributed by atoms with Crippen LogP contribution in [-0.2, 0) is 12.8 Å². The molecule has 0 atom stereocenters. The van der Waals surface area contributed by atoms with Crippen LogP contribution >= 0.6 is 11.6 Å². The highest BCUT2D eigenvalue weighted by atomic mass is 35.5. The van der Waals surface area contributed by atoms with Gasteiger partial charge in [-0.3, -0.25) is 0 Å².